The number of nitrogens with zero attached hydrogens (tertiary/aromatic N) is 2. The second kappa shape index (κ2) is 6.54. The van der Waals surface area contributed by atoms with Crippen molar-refractivity contribution >= 4 is 22.6 Å². The Bertz CT molecular complexity index is 856. The van der Waals surface area contributed by atoms with Crippen molar-refractivity contribution < 1.29 is 14.7 Å². The number of aliphatic hydroxyl groups is 1. The Morgan fingerprint density at radius 3 is 2.85 bits per heavy atom. The molecule has 0 radical (unpaired) electrons. The Morgan fingerprint density at radius 1 is 1.23 bits per heavy atom. The van der Waals surface area contributed by atoms with Gasteiger partial charge >= 0.3 is 0 Å². The number of rotatable bonds is 3. The lowest BCUT2D eigenvalue weighted by Crippen LogP contribution is -2.55. The predicted molar refractivity (Wildman–Crippen MR) is 100 cm³/mol. The van der Waals surface area contributed by atoms with Crippen LogP contribution in [0.15, 0.2) is 30.5 Å². The van der Waals surface area contributed by atoms with E-state index in [1.165, 1.54) is 0 Å². The highest BCUT2D eigenvalue weighted by Gasteiger charge is 2.43. The Labute approximate surface area is 153 Å². The lowest BCUT2D eigenvalue weighted by atomic mass is 9.71. The van der Waals surface area contributed by atoms with E-state index in [9.17, 15) is 14.7 Å². The van der Waals surface area contributed by atoms with Gasteiger partial charge in [-0.05, 0) is 32.3 Å². The average molecular weight is 354 g/mol. The van der Waals surface area contributed by atoms with E-state index in [4.69, 9.17) is 0 Å². The molecule has 2 aliphatic rings. The fourth-order valence-corrected chi connectivity index (χ4v) is 4.70. The van der Waals surface area contributed by atoms with Gasteiger partial charge in [-0.3, -0.25) is 9.59 Å². The maximum absolute atomic E-state index is 12.9. The van der Waals surface area contributed by atoms with Gasteiger partial charge in [0.1, 0.15) is 6.54 Å². The zero-order valence-corrected chi connectivity index (χ0v) is 15.3. The minimum absolute atomic E-state index is 0.0117. The summed E-state index contributed by atoms with van der Waals surface area (Å²) in [5.41, 5.74) is 1.00. The Kier molecular flexibility index (Phi) is 4.35. The van der Waals surface area contributed by atoms with Gasteiger partial charge in [0.2, 0.25) is 5.91 Å². The van der Waals surface area contributed by atoms with Gasteiger partial charge in [0.25, 0.3) is 0 Å². The summed E-state index contributed by atoms with van der Waals surface area (Å²) in [5.74, 6) is 0.272. The van der Waals surface area contributed by atoms with Crippen molar-refractivity contribution in [2.24, 2.45) is 5.92 Å². The minimum atomic E-state index is -0.572. The average Bonchev–Trinajstić information content (AvgIpc) is 3.00. The van der Waals surface area contributed by atoms with Gasteiger partial charge in [-0.15, -0.1) is 0 Å². The molecular weight excluding hydrogens is 328 g/mol. The molecule has 1 amide bonds. The third-order valence-corrected chi connectivity index (χ3v) is 6.25. The zero-order chi connectivity index (χ0) is 18.3. The van der Waals surface area contributed by atoms with E-state index in [1.54, 1.807) is 13.1 Å². The molecule has 5 nitrogen and oxygen atoms in total. The number of piperidine rings is 1. The standard InChI is InChI=1S/C21H26N2O3/c1-15(24)18-13-23(19-8-3-2-7-17(18)19)14-20(25)22-11-10-21(26)9-5-4-6-16(21)12-22/h2-3,7-8,13,16,26H,4-6,9-12,14H2,1H3/t16-,21-/m1/s1. The molecule has 2 heterocycles. The van der Waals surface area contributed by atoms with Crippen molar-refractivity contribution in [2.75, 3.05) is 13.1 Å². The SMILES string of the molecule is CC(=O)c1cn(CC(=O)N2CC[C@]3(O)CCCC[C@@H]3C2)c2ccccc12. The molecule has 0 bridgehead atoms. The summed E-state index contributed by atoms with van der Waals surface area (Å²) in [6, 6.07) is 7.72. The fraction of sp³-hybridized carbons (Fsp3) is 0.524. The largest absolute Gasteiger partial charge is 0.389 e. The number of hydrogen-bond donors (Lipinski definition) is 1. The molecule has 1 N–H and O–H groups in total. The number of benzene rings is 1. The summed E-state index contributed by atoms with van der Waals surface area (Å²) in [4.78, 5) is 26.7. The number of aromatic nitrogens is 1. The van der Waals surface area contributed by atoms with Crippen molar-refractivity contribution in [1.82, 2.24) is 9.47 Å². The van der Waals surface area contributed by atoms with E-state index in [0.29, 0.717) is 25.1 Å². The van der Waals surface area contributed by atoms with Crippen LogP contribution in [0.3, 0.4) is 0 Å². The summed E-state index contributed by atoms with van der Waals surface area (Å²) in [5, 5.41) is 11.7. The lowest BCUT2D eigenvalue weighted by Gasteiger charge is -2.47. The fourth-order valence-electron chi connectivity index (χ4n) is 4.70. The number of fused-ring (bicyclic) bond motifs is 2. The van der Waals surface area contributed by atoms with Crippen molar-refractivity contribution in [3.63, 3.8) is 0 Å². The van der Waals surface area contributed by atoms with Crippen molar-refractivity contribution in [3.05, 3.63) is 36.0 Å². The maximum Gasteiger partial charge on any atom is 0.242 e. The molecule has 1 saturated carbocycles. The number of hydrogen-bond acceptors (Lipinski definition) is 3. The molecule has 1 aliphatic heterocycles. The second-order valence-corrected chi connectivity index (χ2v) is 7.88. The van der Waals surface area contributed by atoms with Crippen LogP contribution in [0.1, 0.15) is 49.4 Å². The predicted octanol–water partition coefficient (Wildman–Crippen LogP) is 3.00. The van der Waals surface area contributed by atoms with Crippen molar-refractivity contribution in [2.45, 2.75) is 51.2 Å². The van der Waals surface area contributed by atoms with Crippen LogP contribution in [0.25, 0.3) is 10.9 Å². The summed E-state index contributed by atoms with van der Waals surface area (Å²) in [7, 11) is 0. The van der Waals surface area contributed by atoms with E-state index < -0.39 is 5.60 Å². The molecule has 1 aromatic carbocycles. The van der Waals surface area contributed by atoms with Crippen molar-refractivity contribution in [1.29, 1.82) is 0 Å². The summed E-state index contributed by atoms with van der Waals surface area (Å²) in [6.45, 7) is 3.06. The summed E-state index contributed by atoms with van der Waals surface area (Å²) < 4.78 is 1.88. The van der Waals surface area contributed by atoms with Crippen LogP contribution >= 0.6 is 0 Å². The molecule has 4 rings (SSSR count). The monoisotopic (exact) mass is 354 g/mol. The molecule has 0 unspecified atom stereocenters. The van der Waals surface area contributed by atoms with Crippen LogP contribution < -0.4 is 0 Å². The van der Waals surface area contributed by atoms with Gasteiger partial charge < -0.3 is 14.6 Å². The van der Waals surface area contributed by atoms with E-state index in [0.717, 1.165) is 36.6 Å². The molecule has 0 spiro atoms. The molecular formula is C21H26N2O3. The topological polar surface area (TPSA) is 62.5 Å². The molecule has 1 aliphatic carbocycles. The van der Waals surface area contributed by atoms with Crippen LogP contribution in [-0.4, -0.2) is 45.0 Å². The molecule has 5 heteroatoms. The molecule has 26 heavy (non-hydrogen) atoms. The smallest absolute Gasteiger partial charge is 0.242 e. The normalized spacial score (nSPS) is 25.9. The van der Waals surface area contributed by atoms with E-state index >= 15 is 0 Å². The Morgan fingerprint density at radius 2 is 2.04 bits per heavy atom. The second-order valence-electron chi connectivity index (χ2n) is 7.88. The van der Waals surface area contributed by atoms with Crippen LogP contribution in [0.4, 0.5) is 0 Å². The first-order chi connectivity index (χ1) is 12.5. The van der Waals surface area contributed by atoms with Gasteiger partial charge in [-0.2, -0.15) is 0 Å². The van der Waals surface area contributed by atoms with Gasteiger partial charge in [0.15, 0.2) is 5.78 Å². The number of carbonyl (C=O) groups excluding carboxylic acids is 2. The molecule has 2 aromatic rings. The number of likely N-dealkylation sites (tertiary alicyclic amines) is 1. The Balaban J connectivity index is 1.54. The van der Waals surface area contributed by atoms with Crippen LogP contribution in [-0.2, 0) is 11.3 Å². The quantitative estimate of drug-likeness (QED) is 0.862. The van der Waals surface area contributed by atoms with Gasteiger partial charge in [-0.25, -0.2) is 0 Å². The van der Waals surface area contributed by atoms with Crippen LogP contribution in [0.2, 0.25) is 0 Å². The number of Topliss-reactive ketones (excluding diaryl/α,β-unsaturated/α-hetero) is 1. The minimum Gasteiger partial charge on any atom is -0.389 e. The third kappa shape index (κ3) is 2.94. The summed E-state index contributed by atoms with van der Waals surface area (Å²) in [6.07, 6.45) is 6.56. The van der Waals surface area contributed by atoms with E-state index in [1.807, 2.05) is 33.7 Å². The van der Waals surface area contributed by atoms with E-state index in [-0.39, 0.29) is 24.2 Å². The van der Waals surface area contributed by atoms with Crippen LogP contribution in [0, 0.1) is 5.92 Å². The zero-order valence-electron chi connectivity index (χ0n) is 15.3. The number of amides is 1. The molecule has 1 saturated heterocycles. The molecule has 2 atom stereocenters. The number of ketones is 1. The molecule has 2 fully saturated rings. The highest BCUT2D eigenvalue weighted by molar-refractivity contribution is 6.07. The lowest BCUT2D eigenvalue weighted by molar-refractivity contribution is -0.143. The highest BCUT2D eigenvalue weighted by Crippen LogP contribution is 2.39. The summed E-state index contributed by atoms with van der Waals surface area (Å²) >= 11 is 0. The molecule has 138 valence electrons. The highest BCUT2D eigenvalue weighted by atomic mass is 16.3. The van der Waals surface area contributed by atoms with Crippen molar-refractivity contribution in [3.8, 4) is 0 Å². The van der Waals surface area contributed by atoms with Gasteiger partial charge in [-0.1, -0.05) is 31.0 Å². The Hall–Kier alpha value is -2.14. The first-order valence-electron chi connectivity index (χ1n) is 9.57. The third-order valence-electron chi connectivity index (χ3n) is 6.25. The molecule has 1 aromatic heterocycles. The number of para-hydroxylation sites is 1. The van der Waals surface area contributed by atoms with Gasteiger partial charge in [0, 0.05) is 41.7 Å². The first kappa shape index (κ1) is 17.3. The van der Waals surface area contributed by atoms with Gasteiger partial charge in [0.05, 0.1) is 5.60 Å². The number of carbonyl (C=O) groups is 2. The van der Waals surface area contributed by atoms with Crippen LogP contribution in [0.5, 0.6) is 0 Å². The van der Waals surface area contributed by atoms with E-state index in [2.05, 4.69) is 0 Å². The first-order valence-corrected chi connectivity index (χ1v) is 9.57. The maximum atomic E-state index is 12.9.